The van der Waals surface area contributed by atoms with Gasteiger partial charge in [0, 0.05) is 11.1 Å². The van der Waals surface area contributed by atoms with E-state index >= 15 is 0 Å². The largest absolute Gasteiger partial charge is 0.449 e. The van der Waals surface area contributed by atoms with Crippen LogP contribution in [0.4, 0.5) is 15.6 Å². The van der Waals surface area contributed by atoms with Crippen LogP contribution in [-0.2, 0) is 16.0 Å². The standard InChI is InChI=1S/C16H19N3O3S/c1-11(2)9-22-16(21)19-15-18-13(10-23-15)8-14(20)17-12-6-4-3-5-7-12/h3-7,10-11H,8-9H2,1-2H3,(H,17,20)(H,18,19,21). The molecule has 0 saturated carbocycles. The Kier molecular flexibility index (Phi) is 6.10. The summed E-state index contributed by atoms with van der Waals surface area (Å²) in [4.78, 5) is 27.7. The molecule has 23 heavy (non-hydrogen) atoms. The highest BCUT2D eigenvalue weighted by Crippen LogP contribution is 2.16. The molecule has 0 bridgehead atoms. The van der Waals surface area contributed by atoms with E-state index < -0.39 is 6.09 Å². The molecule has 2 N–H and O–H groups in total. The van der Waals surface area contributed by atoms with E-state index in [1.807, 2.05) is 44.2 Å². The minimum absolute atomic E-state index is 0.147. The molecule has 1 aromatic heterocycles. The van der Waals surface area contributed by atoms with Crippen LogP contribution in [0.15, 0.2) is 35.7 Å². The number of carbonyl (C=O) groups excluding carboxylic acids is 2. The maximum Gasteiger partial charge on any atom is 0.413 e. The molecule has 0 aliphatic carbocycles. The van der Waals surface area contributed by atoms with Gasteiger partial charge in [0.25, 0.3) is 0 Å². The van der Waals surface area contributed by atoms with Crippen molar-refractivity contribution in [3.8, 4) is 0 Å². The highest BCUT2D eigenvalue weighted by molar-refractivity contribution is 7.13. The summed E-state index contributed by atoms with van der Waals surface area (Å²) < 4.78 is 5.01. The normalized spacial score (nSPS) is 10.4. The smallest absolute Gasteiger partial charge is 0.413 e. The van der Waals surface area contributed by atoms with Gasteiger partial charge < -0.3 is 10.1 Å². The van der Waals surface area contributed by atoms with Crippen LogP contribution in [-0.4, -0.2) is 23.6 Å². The highest BCUT2D eigenvalue weighted by atomic mass is 32.1. The molecule has 0 radical (unpaired) electrons. The molecular weight excluding hydrogens is 314 g/mol. The summed E-state index contributed by atoms with van der Waals surface area (Å²) >= 11 is 1.26. The number of rotatable bonds is 6. The predicted molar refractivity (Wildman–Crippen MR) is 90.7 cm³/mol. The second-order valence-electron chi connectivity index (χ2n) is 5.35. The van der Waals surface area contributed by atoms with Gasteiger partial charge >= 0.3 is 6.09 Å². The summed E-state index contributed by atoms with van der Waals surface area (Å²) in [5, 5.41) is 7.50. The van der Waals surface area contributed by atoms with Crippen LogP contribution in [0.25, 0.3) is 0 Å². The number of thiazole rings is 1. The molecule has 2 amide bonds. The van der Waals surface area contributed by atoms with Crippen molar-refractivity contribution in [3.63, 3.8) is 0 Å². The number of para-hydroxylation sites is 1. The first kappa shape index (κ1) is 17.0. The SMILES string of the molecule is CC(C)COC(=O)Nc1nc(CC(=O)Nc2ccccc2)cs1. The number of aromatic nitrogens is 1. The lowest BCUT2D eigenvalue weighted by Crippen LogP contribution is -2.17. The molecule has 0 atom stereocenters. The van der Waals surface area contributed by atoms with Crippen LogP contribution < -0.4 is 10.6 Å². The maximum absolute atomic E-state index is 11.9. The predicted octanol–water partition coefficient (Wildman–Crippen LogP) is 3.53. The van der Waals surface area contributed by atoms with Gasteiger partial charge in [-0.1, -0.05) is 32.0 Å². The van der Waals surface area contributed by atoms with Gasteiger partial charge in [-0.3, -0.25) is 10.1 Å². The first-order valence-corrected chi connectivity index (χ1v) is 8.14. The second kappa shape index (κ2) is 8.28. The number of amides is 2. The lowest BCUT2D eigenvalue weighted by Gasteiger charge is -2.06. The van der Waals surface area contributed by atoms with Crippen LogP contribution in [0.1, 0.15) is 19.5 Å². The molecule has 0 aliphatic rings. The average molecular weight is 333 g/mol. The van der Waals surface area contributed by atoms with Gasteiger partial charge in [0.1, 0.15) is 0 Å². The third-order valence-corrected chi connectivity index (χ3v) is 3.51. The number of ether oxygens (including phenoxy) is 1. The Morgan fingerprint density at radius 3 is 2.65 bits per heavy atom. The first-order chi connectivity index (χ1) is 11.0. The summed E-state index contributed by atoms with van der Waals surface area (Å²) in [6, 6.07) is 9.21. The van der Waals surface area contributed by atoms with Crippen LogP contribution >= 0.6 is 11.3 Å². The molecule has 122 valence electrons. The second-order valence-corrected chi connectivity index (χ2v) is 6.21. The van der Waals surface area contributed by atoms with E-state index in [-0.39, 0.29) is 18.2 Å². The van der Waals surface area contributed by atoms with Crippen molar-refractivity contribution in [2.75, 3.05) is 17.2 Å². The van der Waals surface area contributed by atoms with Crippen LogP contribution in [0.5, 0.6) is 0 Å². The zero-order valence-electron chi connectivity index (χ0n) is 13.0. The number of anilines is 2. The molecule has 2 rings (SSSR count). The number of hydrogen-bond acceptors (Lipinski definition) is 5. The van der Waals surface area contributed by atoms with Crippen molar-refractivity contribution < 1.29 is 14.3 Å². The highest BCUT2D eigenvalue weighted by Gasteiger charge is 2.11. The Balaban J connectivity index is 1.82. The van der Waals surface area contributed by atoms with Crippen molar-refractivity contribution >= 4 is 34.2 Å². The molecule has 7 heteroatoms. The molecule has 1 aromatic carbocycles. The first-order valence-electron chi connectivity index (χ1n) is 7.26. The van der Waals surface area contributed by atoms with Gasteiger partial charge in [-0.15, -0.1) is 11.3 Å². The van der Waals surface area contributed by atoms with Gasteiger partial charge in [0.05, 0.1) is 18.7 Å². The number of nitrogens with zero attached hydrogens (tertiary/aromatic N) is 1. The van der Waals surface area contributed by atoms with E-state index in [4.69, 9.17) is 4.74 Å². The van der Waals surface area contributed by atoms with E-state index in [2.05, 4.69) is 15.6 Å². The lowest BCUT2D eigenvalue weighted by atomic mass is 10.2. The molecule has 2 aromatic rings. The topological polar surface area (TPSA) is 80.3 Å². The van der Waals surface area contributed by atoms with Crippen molar-refractivity contribution in [2.24, 2.45) is 5.92 Å². The Morgan fingerprint density at radius 1 is 1.22 bits per heavy atom. The molecule has 6 nitrogen and oxygen atoms in total. The Bertz CT molecular complexity index is 656. The fourth-order valence-electron chi connectivity index (χ4n) is 1.70. The Labute approximate surface area is 138 Å². The molecule has 0 unspecified atom stereocenters. The lowest BCUT2D eigenvalue weighted by molar-refractivity contribution is -0.115. The summed E-state index contributed by atoms with van der Waals surface area (Å²) in [5.41, 5.74) is 1.34. The molecule has 0 aliphatic heterocycles. The zero-order chi connectivity index (χ0) is 16.7. The monoisotopic (exact) mass is 333 g/mol. The van der Waals surface area contributed by atoms with E-state index in [1.54, 1.807) is 5.38 Å². The number of hydrogen-bond donors (Lipinski definition) is 2. The average Bonchev–Trinajstić information content (AvgIpc) is 2.93. The summed E-state index contributed by atoms with van der Waals surface area (Å²) in [6.07, 6.45) is -0.387. The van der Waals surface area contributed by atoms with Crippen LogP contribution in [0.2, 0.25) is 0 Å². The van der Waals surface area contributed by atoms with Crippen molar-refractivity contribution in [1.82, 2.24) is 4.98 Å². The summed E-state index contributed by atoms with van der Waals surface area (Å²) in [7, 11) is 0. The molecule has 0 saturated heterocycles. The third kappa shape index (κ3) is 6.07. The number of benzene rings is 1. The van der Waals surface area contributed by atoms with Gasteiger partial charge in [0.15, 0.2) is 5.13 Å². The Morgan fingerprint density at radius 2 is 1.96 bits per heavy atom. The van der Waals surface area contributed by atoms with E-state index in [0.717, 1.165) is 5.69 Å². The van der Waals surface area contributed by atoms with Crippen molar-refractivity contribution in [3.05, 3.63) is 41.4 Å². The van der Waals surface area contributed by atoms with Crippen LogP contribution in [0.3, 0.4) is 0 Å². The van der Waals surface area contributed by atoms with E-state index in [0.29, 0.717) is 17.4 Å². The minimum Gasteiger partial charge on any atom is -0.449 e. The molecule has 1 heterocycles. The minimum atomic E-state index is -0.534. The third-order valence-electron chi connectivity index (χ3n) is 2.71. The van der Waals surface area contributed by atoms with Crippen molar-refractivity contribution in [2.45, 2.75) is 20.3 Å². The fourth-order valence-corrected chi connectivity index (χ4v) is 2.40. The summed E-state index contributed by atoms with van der Waals surface area (Å²) in [6.45, 7) is 4.27. The van der Waals surface area contributed by atoms with Crippen LogP contribution in [0, 0.1) is 5.92 Å². The number of carbonyl (C=O) groups is 2. The molecule has 0 spiro atoms. The van der Waals surface area contributed by atoms with Gasteiger partial charge in [-0.05, 0) is 18.1 Å². The van der Waals surface area contributed by atoms with E-state index in [9.17, 15) is 9.59 Å². The molecular formula is C16H19N3O3S. The van der Waals surface area contributed by atoms with E-state index in [1.165, 1.54) is 11.3 Å². The van der Waals surface area contributed by atoms with Gasteiger partial charge in [-0.25, -0.2) is 9.78 Å². The van der Waals surface area contributed by atoms with Gasteiger partial charge in [-0.2, -0.15) is 0 Å². The number of nitrogens with one attached hydrogen (secondary N) is 2. The maximum atomic E-state index is 11.9. The Hall–Kier alpha value is -2.41. The zero-order valence-corrected chi connectivity index (χ0v) is 13.9. The summed E-state index contributed by atoms with van der Waals surface area (Å²) in [5.74, 6) is 0.115. The quantitative estimate of drug-likeness (QED) is 0.847. The van der Waals surface area contributed by atoms with Gasteiger partial charge in [0.2, 0.25) is 5.91 Å². The molecule has 0 fully saturated rings. The van der Waals surface area contributed by atoms with Crippen molar-refractivity contribution in [1.29, 1.82) is 0 Å². The fraction of sp³-hybridized carbons (Fsp3) is 0.312.